The van der Waals surface area contributed by atoms with E-state index in [0.29, 0.717) is 42.2 Å². The molecule has 0 bridgehead atoms. The van der Waals surface area contributed by atoms with Crippen LogP contribution in [0.4, 0.5) is 4.39 Å². The summed E-state index contributed by atoms with van der Waals surface area (Å²) in [6, 6.07) is 0. The van der Waals surface area contributed by atoms with Crippen LogP contribution in [0.3, 0.4) is 0 Å². The third kappa shape index (κ3) is 2.67. The first kappa shape index (κ1) is 17.5. The number of phenols is 1. The van der Waals surface area contributed by atoms with E-state index in [0.717, 1.165) is 0 Å². The van der Waals surface area contributed by atoms with Crippen LogP contribution in [0.15, 0.2) is 9.21 Å². The highest BCUT2D eigenvalue weighted by Gasteiger charge is 2.32. The van der Waals surface area contributed by atoms with Gasteiger partial charge in [-0.3, -0.25) is 9.59 Å². The predicted molar refractivity (Wildman–Crippen MR) is 93.3 cm³/mol. The van der Waals surface area contributed by atoms with Crippen LogP contribution in [-0.4, -0.2) is 48.1 Å². The number of rotatable bonds is 3. The third-order valence-corrected chi connectivity index (χ3v) is 5.24. The van der Waals surface area contributed by atoms with Crippen molar-refractivity contribution in [3.63, 3.8) is 0 Å². The highest BCUT2D eigenvalue weighted by Crippen LogP contribution is 2.43. The number of carbonyl (C=O) groups excluding carboxylic acids is 2. The maximum Gasteiger partial charge on any atom is 0.340 e. The van der Waals surface area contributed by atoms with Crippen molar-refractivity contribution in [3.05, 3.63) is 32.7 Å². The zero-order chi connectivity index (χ0) is 19.3. The maximum atomic E-state index is 13.0. The summed E-state index contributed by atoms with van der Waals surface area (Å²) in [4.78, 5) is 37.6. The number of likely N-dealkylation sites (tertiary alicyclic amines) is 1. The molecule has 0 spiro atoms. The Morgan fingerprint density at radius 1 is 1.41 bits per heavy atom. The summed E-state index contributed by atoms with van der Waals surface area (Å²) in [7, 11) is 0. The van der Waals surface area contributed by atoms with Gasteiger partial charge >= 0.3 is 5.63 Å². The molecule has 8 heteroatoms. The molecule has 4 rings (SSSR count). The highest BCUT2D eigenvalue weighted by atomic mass is 19.1. The van der Waals surface area contributed by atoms with Crippen molar-refractivity contribution in [3.8, 4) is 11.5 Å². The summed E-state index contributed by atoms with van der Waals surface area (Å²) < 4.78 is 23.9. The van der Waals surface area contributed by atoms with Gasteiger partial charge in [0.15, 0.2) is 23.4 Å². The number of fused-ring (bicyclic) bond motifs is 3. The maximum absolute atomic E-state index is 13.0. The number of alkyl halides is 1. The largest absolute Gasteiger partial charge is 0.504 e. The Kier molecular flexibility index (Phi) is 4.13. The molecule has 1 amide bonds. The Hall–Kier alpha value is -2.90. The second kappa shape index (κ2) is 6.37. The van der Waals surface area contributed by atoms with Gasteiger partial charge in [-0.05, 0) is 25.3 Å². The van der Waals surface area contributed by atoms with Crippen molar-refractivity contribution >= 4 is 23.2 Å². The van der Waals surface area contributed by atoms with Crippen LogP contribution in [0.25, 0.3) is 11.0 Å². The number of hydrogen-bond donors (Lipinski definition) is 1. The number of aldehydes is 1. The van der Waals surface area contributed by atoms with E-state index in [-0.39, 0.29) is 53.6 Å². The van der Waals surface area contributed by atoms with E-state index in [1.54, 1.807) is 6.92 Å². The lowest BCUT2D eigenvalue weighted by atomic mass is 9.92. The molecule has 0 saturated carbocycles. The molecule has 2 aromatic rings. The van der Waals surface area contributed by atoms with Crippen LogP contribution < -0.4 is 10.4 Å². The molecule has 142 valence electrons. The highest BCUT2D eigenvalue weighted by molar-refractivity contribution is 6.02. The van der Waals surface area contributed by atoms with E-state index in [1.807, 2.05) is 0 Å². The minimum atomic E-state index is -1.02. The second-order valence-electron chi connectivity index (χ2n) is 6.91. The summed E-state index contributed by atoms with van der Waals surface area (Å²) in [5.74, 6) is -0.473. The molecule has 0 radical (unpaired) electrons. The minimum absolute atomic E-state index is 0.00165. The number of carbonyl (C=O) groups is 2. The van der Waals surface area contributed by atoms with Crippen molar-refractivity contribution in [1.82, 2.24) is 4.90 Å². The van der Waals surface area contributed by atoms with E-state index in [1.165, 1.54) is 4.90 Å². The average molecular weight is 375 g/mol. The van der Waals surface area contributed by atoms with Gasteiger partial charge in [-0.1, -0.05) is 0 Å². The van der Waals surface area contributed by atoms with Crippen molar-refractivity contribution in [2.75, 3.05) is 19.7 Å². The van der Waals surface area contributed by atoms with Crippen molar-refractivity contribution in [1.29, 1.82) is 0 Å². The molecule has 1 N–H and O–H groups in total. The van der Waals surface area contributed by atoms with E-state index >= 15 is 0 Å². The van der Waals surface area contributed by atoms with Crippen LogP contribution in [-0.2, 0) is 17.6 Å². The lowest BCUT2D eigenvalue weighted by Crippen LogP contribution is -2.52. The Bertz CT molecular complexity index is 1020. The summed E-state index contributed by atoms with van der Waals surface area (Å²) in [6.45, 7) is 2.15. The monoisotopic (exact) mass is 375 g/mol. The molecule has 1 aromatic carbocycles. The zero-order valence-electron chi connectivity index (χ0n) is 14.7. The lowest BCUT2D eigenvalue weighted by Gasteiger charge is -2.34. The van der Waals surface area contributed by atoms with Crippen molar-refractivity contribution in [2.45, 2.75) is 32.4 Å². The number of aryl methyl sites for hydroxylation is 2. The first-order valence-corrected chi connectivity index (χ1v) is 8.76. The number of hydrogen-bond acceptors (Lipinski definition) is 6. The average Bonchev–Trinajstić information content (AvgIpc) is 2.62. The van der Waals surface area contributed by atoms with E-state index in [4.69, 9.17) is 9.15 Å². The molecule has 27 heavy (non-hydrogen) atoms. The zero-order valence-corrected chi connectivity index (χ0v) is 14.7. The van der Waals surface area contributed by atoms with Gasteiger partial charge in [-0.15, -0.1) is 0 Å². The molecule has 1 aromatic heterocycles. The number of nitrogens with zero attached hydrogens (tertiary/aromatic N) is 1. The molecule has 2 aliphatic heterocycles. The van der Waals surface area contributed by atoms with E-state index in [2.05, 4.69) is 0 Å². The Labute approximate surface area is 153 Å². The van der Waals surface area contributed by atoms with Gasteiger partial charge < -0.3 is 19.2 Å². The predicted octanol–water partition coefficient (Wildman–Crippen LogP) is 1.67. The van der Waals surface area contributed by atoms with Gasteiger partial charge in [0.25, 0.3) is 0 Å². The topological polar surface area (TPSA) is 97.1 Å². The second-order valence-corrected chi connectivity index (χ2v) is 6.91. The third-order valence-electron chi connectivity index (χ3n) is 5.24. The SMILES string of the molecule is Cc1c(CC(=O)N2CC(F)C2)c(=O)oc2c(C=O)c(O)c3c(c12)CCCO3. The van der Waals surface area contributed by atoms with Crippen LogP contribution in [0.5, 0.6) is 11.5 Å². The number of phenolic OH excluding ortho intramolecular Hbond substituents is 1. The Balaban J connectivity index is 1.90. The van der Waals surface area contributed by atoms with Crippen molar-refractivity contribution < 1.29 is 28.2 Å². The van der Waals surface area contributed by atoms with Gasteiger partial charge in [0.05, 0.1) is 31.7 Å². The van der Waals surface area contributed by atoms with E-state index in [9.17, 15) is 23.9 Å². The van der Waals surface area contributed by atoms with E-state index < -0.39 is 11.8 Å². The summed E-state index contributed by atoms with van der Waals surface area (Å²) in [5.41, 5.74) is 0.443. The molecule has 3 heterocycles. The Morgan fingerprint density at radius 3 is 2.81 bits per heavy atom. The molecule has 0 unspecified atom stereocenters. The fourth-order valence-corrected chi connectivity index (χ4v) is 3.74. The summed E-state index contributed by atoms with van der Waals surface area (Å²) in [6.07, 6.45) is 0.482. The standard InChI is InChI=1S/C19H18FNO6/c1-9-12(5-14(23)21-6-10(20)7-21)19(25)27-17-13(8-22)16(24)18-11(15(9)17)3-2-4-26-18/h8,10,24H,2-7H2,1H3. The molecule has 7 nitrogen and oxygen atoms in total. The minimum Gasteiger partial charge on any atom is -0.504 e. The molecule has 0 atom stereocenters. The van der Waals surface area contributed by atoms with Gasteiger partial charge in [0.1, 0.15) is 11.7 Å². The smallest absolute Gasteiger partial charge is 0.340 e. The molecule has 1 saturated heterocycles. The van der Waals surface area contributed by atoms with Gasteiger partial charge in [-0.25, -0.2) is 9.18 Å². The quantitative estimate of drug-likeness (QED) is 0.647. The van der Waals surface area contributed by atoms with Gasteiger partial charge in [0, 0.05) is 10.9 Å². The van der Waals surface area contributed by atoms with Crippen LogP contribution in [0, 0.1) is 6.92 Å². The lowest BCUT2D eigenvalue weighted by molar-refractivity contribution is -0.137. The van der Waals surface area contributed by atoms with Gasteiger partial charge in [-0.2, -0.15) is 0 Å². The molecular formula is C19H18FNO6. The number of aromatic hydroxyl groups is 1. The Morgan fingerprint density at radius 2 is 2.15 bits per heavy atom. The molecule has 2 aliphatic rings. The fraction of sp³-hybridized carbons (Fsp3) is 0.421. The van der Waals surface area contributed by atoms with Crippen LogP contribution >= 0.6 is 0 Å². The molecular weight excluding hydrogens is 357 g/mol. The van der Waals surface area contributed by atoms with Crippen molar-refractivity contribution in [2.24, 2.45) is 0 Å². The van der Waals surface area contributed by atoms with Crippen LogP contribution in [0.1, 0.15) is 33.5 Å². The molecule has 0 aliphatic carbocycles. The summed E-state index contributed by atoms with van der Waals surface area (Å²) >= 11 is 0. The number of benzene rings is 1. The first-order valence-electron chi connectivity index (χ1n) is 8.76. The van der Waals surface area contributed by atoms with Gasteiger partial charge in [0.2, 0.25) is 5.91 Å². The van der Waals surface area contributed by atoms with Crippen LogP contribution in [0.2, 0.25) is 0 Å². The molecule has 1 fully saturated rings. The number of amides is 1. The number of halogens is 1. The summed E-state index contributed by atoms with van der Waals surface area (Å²) in [5, 5.41) is 10.9. The number of ether oxygens (including phenoxy) is 1. The fourth-order valence-electron chi connectivity index (χ4n) is 3.74. The first-order chi connectivity index (χ1) is 12.9. The normalized spacial score (nSPS) is 16.6.